The molecule has 1 aromatic heterocycles. The number of piperidine rings is 1. The van der Waals surface area contributed by atoms with E-state index in [0.29, 0.717) is 32.4 Å². The van der Waals surface area contributed by atoms with Crippen molar-refractivity contribution < 1.29 is 18.7 Å². The molecule has 0 radical (unpaired) electrons. The minimum absolute atomic E-state index is 0.0634. The fraction of sp³-hybridized carbons (Fsp3) is 0.609. The predicted molar refractivity (Wildman–Crippen MR) is 121 cm³/mol. The number of aliphatic hydroxyl groups excluding tert-OH is 1. The van der Waals surface area contributed by atoms with Crippen molar-refractivity contribution in [3.63, 3.8) is 0 Å². The predicted octanol–water partition coefficient (Wildman–Crippen LogP) is 3.90. The first kappa shape index (κ1) is 22.4. The summed E-state index contributed by atoms with van der Waals surface area (Å²) in [6.45, 7) is 6.86. The van der Waals surface area contributed by atoms with Crippen LogP contribution in [0.4, 0.5) is 14.5 Å². The number of carbonyl (C=O) groups is 1. The van der Waals surface area contributed by atoms with Gasteiger partial charge in [0.05, 0.1) is 11.8 Å². The number of halogens is 2. The number of rotatable bonds is 6. The van der Waals surface area contributed by atoms with Crippen LogP contribution >= 0.6 is 11.3 Å². The van der Waals surface area contributed by atoms with Crippen molar-refractivity contribution in [3.8, 4) is 0 Å². The molecule has 2 fully saturated rings. The quantitative estimate of drug-likeness (QED) is 0.724. The Kier molecular flexibility index (Phi) is 6.79. The van der Waals surface area contributed by atoms with Crippen LogP contribution < -0.4 is 4.90 Å². The number of amides is 1. The second kappa shape index (κ2) is 9.38. The van der Waals surface area contributed by atoms with E-state index in [1.807, 2.05) is 11.0 Å². The molecule has 3 heterocycles. The summed E-state index contributed by atoms with van der Waals surface area (Å²) in [5.41, 5.74) is 1.20. The molecule has 2 aromatic rings. The zero-order chi connectivity index (χ0) is 22.0. The van der Waals surface area contributed by atoms with Crippen LogP contribution in [0, 0.1) is 0 Å². The van der Waals surface area contributed by atoms with Crippen LogP contribution in [0.15, 0.2) is 23.6 Å². The van der Waals surface area contributed by atoms with Crippen LogP contribution in [0.1, 0.15) is 38.2 Å². The molecule has 1 amide bonds. The van der Waals surface area contributed by atoms with E-state index in [2.05, 4.69) is 15.2 Å². The molecule has 0 spiro atoms. The molecule has 1 aromatic carbocycles. The van der Waals surface area contributed by atoms with Crippen LogP contribution in [-0.2, 0) is 10.7 Å². The molecule has 8 heteroatoms. The largest absolute Gasteiger partial charge is 0.393 e. The Labute approximate surface area is 186 Å². The number of alkyl halides is 2. The minimum Gasteiger partial charge on any atom is -0.393 e. The van der Waals surface area contributed by atoms with Gasteiger partial charge in [-0.1, -0.05) is 12.1 Å². The Morgan fingerprint density at radius 1 is 1.16 bits per heavy atom. The van der Waals surface area contributed by atoms with Crippen LogP contribution in [0.2, 0.25) is 0 Å². The van der Waals surface area contributed by atoms with Crippen LogP contribution in [-0.4, -0.2) is 72.7 Å². The number of thiophene rings is 1. The molecule has 2 aliphatic heterocycles. The van der Waals surface area contributed by atoms with Crippen LogP contribution in [0.25, 0.3) is 10.1 Å². The highest BCUT2D eigenvalue weighted by Gasteiger charge is 2.26. The average molecular weight is 452 g/mol. The minimum atomic E-state index is -2.82. The summed E-state index contributed by atoms with van der Waals surface area (Å²) in [5.74, 6) is -2.62. The van der Waals surface area contributed by atoms with Crippen LogP contribution in [0.5, 0.6) is 0 Å². The van der Waals surface area contributed by atoms with Gasteiger partial charge in [0.25, 0.3) is 5.92 Å². The van der Waals surface area contributed by atoms with Gasteiger partial charge >= 0.3 is 0 Å². The topological polar surface area (TPSA) is 47.0 Å². The van der Waals surface area contributed by atoms with Crippen molar-refractivity contribution in [3.05, 3.63) is 29.1 Å². The highest BCUT2D eigenvalue weighted by Crippen LogP contribution is 2.37. The molecular formula is C23H31F2N3O2S. The molecule has 2 aliphatic rings. The number of benzene rings is 1. The van der Waals surface area contributed by atoms with Gasteiger partial charge in [0.15, 0.2) is 0 Å². The first-order valence-corrected chi connectivity index (χ1v) is 12.0. The normalized spacial score (nSPS) is 19.4. The van der Waals surface area contributed by atoms with Gasteiger partial charge in [-0.15, -0.1) is 11.3 Å². The fourth-order valence-corrected chi connectivity index (χ4v) is 5.48. The summed E-state index contributed by atoms with van der Waals surface area (Å²) in [7, 11) is 0. The number of carbonyl (C=O) groups excluding carboxylic acids is 1. The van der Waals surface area contributed by atoms with Gasteiger partial charge in [0, 0.05) is 73.6 Å². The van der Waals surface area contributed by atoms with Crippen molar-refractivity contribution in [2.45, 2.75) is 44.6 Å². The lowest BCUT2D eigenvalue weighted by molar-refractivity contribution is -0.133. The zero-order valence-electron chi connectivity index (χ0n) is 18.0. The average Bonchev–Trinajstić information content (AvgIpc) is 3.17. The van der Waals surface area contributed by atoms with Gasteiger partial charge in [-0.2, -0.15) is 0 Å². The summed E-state index contributed by atoms with van der Waals surface area (Å²) in [6, 6.07) is 4.97. The third kappa shape index (κ3) is 5.35. The van der Waals surface area contributed by atoms with Gasteiger partial charge < -0.3 is 14.9 Å². The second-order valence-corrected chi connectivity index (χ2v) is 9.68. The van der Waals surface area contributed by atoms with E-state index in [0.717, 1.165) is 61.8 Å². The monoisotopic (exact) mass is 451 g/mol. The van der Waals surface area contributed by atoms with Crippen molar-refractivity contribution in [1.29, 1.82) is 0 Å². The fourth-order valence-electron chi connectivity index (χ4n) is 4.47. The smallest absolute Gasteiger partial charge is 0.270 e. The lowest BCUT2D eigenvalue weighted by Crippen LogP contribution is -2.46. The number of fused-ring (bicyclic) bond motifs is 1. The van der Waals surface area contributed by atoms with Crippen molar-refractivity contribution in [1.82, 2.24) is 9.80 Å². The SMILES string of the molecule is CC(F)(F)c1ccc2c(N3CCN(CCCC(=O)N4CCC(O)CC4)CC3)csc2c1. The Bertz CT molecular complexity index is 898. The summed E-state index contributed by atoms with van der Waals surface area (Å²) in [5, 5.41) is 12.7. The molecular weight excluding hydrogens is 420 g/mol. The maximum atomic E-state index is 13.6. The molecule has 0 atom stereocenters. The highest BCUT2D eigenvalue weighted by molar-refractivity contribution is 7.17. The van der Waals surface area contributed by atoms with Crippen LogP contribution in [0.3, 0.4) is 0 Å². The number of aliphatic hydroxyl groups is 1. The maximum Gasteiger partial charge on any atom is 0.270 e. The highest BCUT2D eigenvalue weighted by atomic mass is 32.1. The lowest BCUT2D eigenvalue weighted by Gasteiger charge is -2.36. The molecule has 0 aliphatic carbocycles. The van der Waals surface area contributed by atoms with Gasteiger partial charge in [0.1, 0.15) is 0 Å². The maximum absolute atomic E-state index is 13.6. The first-order chi connectivity index (χ1) is 14.8. The summed E-state index contributed by atoms with van der Waals surface area (Å²) < 4.78 is 28.1. The Balaban J connectivity index is 1.25. The van der Waals surface area contributed by atoms with Crippen molar-refractivity contribution in [2.75, 3.05) is 50.7 Å². The molecule has 0 bridgehead atoms. The van der Waals surface area contributed by atoms with E-state index in [1.165, 1.54) is 17.4 Å². The van der Waals surface area contributed by atoms with E-state index in [-0.39, 0.29) is 17.6 Å². The summed E-state index contributed by atoms with van der Waals surface area (Å²) in [6.07, 6.45) is 2.54. The number of likely N-dealkylation sites (tertiary alicyclic amines) is 1. The van der Waals surface area contributed by atoms with Crippen molar-refractivity contribution >= 4 is 33.0 Å². The van der Waals surface area contributed by atoms with E-state index in [9.17, 15) is 18.7 Å². The zero-order valence-corrected chi connectivity index (χ0v) is 18.8. The number of anilines is 1. The van der Waals surface area contributed by atoms with E-state index < -0.39 is 5.92 Å². The van der Waals surface area contributed by atoms with Gasteiger partial charge in [-0.3, -0.25) is 9.69 Å². The van der Waals surface area contributed by atoms with Gasteiger partial charge in [-0.05, 0) is 31.9 Å². The number of hydrogen-bond acceptors (Lipinski definition) is 5. The first-order valence-electron chi connectivity index (χ1n) is 11.1. The Morgan fingerprint density at radius 2 is 1.87 bits per heavy atom. The number of nitrogens with zero attached hydrogens (tertiary/aromatic N) is 3. The van der Waals surface area contributed by atoms with Gasteiger partial charge in [0.2, 0.25) is 5.91 Å². The molecule has 5 nitrogen and oxygen atoms in total. The summed E-state index contributed by atoms with van der Waals surface area (Å²) in [4.78, 5) is 19.0. The molecule has 4 rings (SSSR count). The standard InChI is InChI=1S/C23H31F2N3O2S/c1-23(24,25)17-4-5-19-20(16-31-21(19)15-17)27-13-11-26(12-14-27)8-2-3-22(30)28-9-6-18(29)7-10-28/h4-5,15-16,18,29H,2-3,6-14H2,1H3. The Hall–Kier alpha value is -1.77. The van der Waals surface area contributed by atoms with E-state index >= 15 is 0 Å². The lowest BCUT2D eigenvalue weighted by atomic mass is 10.1. The molecule has 0 saturated carbocycles. The molecule has 170 valence electrons. The number of piperazine rings is 1. The number of hydrogen-bond donors (Lipinski definition) is 1. The third-order valence-corrected chi connectivity index (χ3v) is 7.39. The molecule has 2 saturated heterocycles. The van der Waals surface area contributed by atoms with Crippen molar-refractivity contribution in [2.24, 2.45) is 0 Å². The van der Waals surface area contributed by atoms with Gasteiger partial charge in [-0.25, -0.2) is 8.78 Å². The molecule has 0 unspecified atom stereocenters. The third-order valence-electron chi connectivity index (χ3n) is 6.46. The van der Waals surface area contributed by atoms with E-state index in [1.54, 1.807) is 6.07 Å². The second-order valence-electron chi connectivity index (χ2n) is 8.76. The molecule has 31 heavy (non-hydrogen) atoms. The summed E-state index contributed by atoms with van der Waals surface area (Å²) >= 11 is 1.52. The molecule has 1 N–H and O–H groups in total. The van der Waals surface area contributed by atoms with E-state index in [4.69, 9.17) is 0 Å². The Morgan fingerprint density at radius 3 is 2.55 bits per heavy atom.